The first-order chi connectivity index (χ1) is 15.0. The van der Waals surface area contributed by atoms with Crippen LogP contribution in [0.25, 0.3) is 11.5 Å². The number of pyridine rings is 1. The van der Waals surface area contributed by atoms with Gasteiger partial charge in [0.2, 0.25) is 5.91 Å². The average Bonchev–Trinajstić information content (AvgIpc) is 3.30. The summed E-state index contributed by atoms with van der Waals surface area (Å²) in [6.07, 6.45) is 5.42. The molecule has 0 radical (unpaired) electrons. The topological polar surface area (TPSA) is 89.2 Å². The number of rotatable bonds is 6. The fraction of sp³-hybridized carbons (Fsp3) is 0.375. The van der Waals surface area contributed by atoms with Gasteiger partial charge in [-0.15, -0.1) is 0 Å². The molecule has 31 heavy (non-hydrogen) atoms. The Morgan fingerprint density at radius 1 is 1.03 bits per heavy atom. The molecule has 0 unspecified atom stereocenters. The zero-order valence-corrected chi connectivity index (χ0v) is 17.9. The molecule has 0 saturated carbocycles. The Morgan fingerprint density at radius 3 is 2.48 bits per heavy atom. The van der Waals surface area contributed by atoms with E-state index in [1.165, 1.54) is 0 Å². The van der Waals surface area contributed by atoms with Crippen LogP contribution in [0.1, 0.15) is 58.9 Å². The number of aryl methyl sites for hydroxylation is 2. The number of Topliss-reactive ketones (excluding diaryl/α,β-unsaturated/α-hetero) is 1. The van der Waals surface area contributed by atoms with Crippen LogP contribution in [0.15, 0.2) is 47.2 Å². The zero-order valence-electron chi connectivity index (χ0n) is 17.9. The van der Waals surface area contributed by atoms with E-state index in [1.807, 2.05) is 49.1 Å². The highest BCUT2D eigenvalue weighted by molar-refractivity contribution is 5.98. The lowest BCUT2D eigenvalue weighted by molar-refractivity contribution is -0.132. The number of piperidine rings is 1. The van der Waals surface area contributed by atoms with Crippen molar-refractivity contribution in [2.45, 2.75) is 45.4 Å². The number of benzene rings is 1. The van der Waals surface area contributed by atoms with Crippen LogP contribution in [0.3, 0.4) is 0 Å². The van der Waals surface area contributed by atoms with Gasteiger partial charge in [-0.25, -0.2) is 0 Å². The Morgan fingerprint density at radius 2 is 1.77 bits per heavy atom. The molecule has 0 spiro atoms. The third kappa shape index (κ3) is 4.87. The Labute approximate surface area is 181 Å². The quantitative estimate of drug-likeness (QED) is 0.560. The van der Waals surface area contributed by atoms with Gasteiger partial charge in [0.05, 0.1) is 0 Å². The minimum Gasteiger partial charge on any atom is -0.343 e. The van der Waals surface area contributed by atoms with E-state index in [0.29, 0.717) is 30.4 Å². The van der Waals surface area contributed by atoms with Crippen LogP contribution in [0.5, 0.6) is 0 Å². The Bertz CT molecular complexity index is 1070. The first kappa shape index (κ1) is 20.9. The molecule has 1 aromatic carbocycles. The molecule has 0 atom stereocenters. The van der Waals surface area contributed by atoms with Crippen molar-refractivity contribution in [1.82, 2.24) is 20.0 Å². The highest BCUT2D eigenvalue weighted by Gasteiger charge is 2.27. The molecule has 4 rings (SSSR count). The molecule has 0 bridgehead atoms. The summed E-state index contributed by atoms with van der Waals surface area (Å²) in [4.78, 5) is 35.4. The summed E-state index contributed by atoms with van der Waals surface area (Å²) in [6, 6.07) is 9.35. The smallest absolute Gasteiger partial charge is 0.258 e. The maximum atomic E-state index is 12.6. The second-order valence-corrected chi connectivity index (χ2v) is 8.07. The van der Waals surface area contributed by atoms with Crippen molar-refractivity contribution in [1.29, 1.82) is 0 Å². The first-order valence-electron chi connectivity index (χ1n) is 10.6. The number of hydrogen-bond donors (Lipinski definition) is 0. The molecule has 7 nitrogen and oxygen atoms in total. The maximum Gasteiger partial charge on any atom is 0.258 e. The highest BCUT2D eigenvalue weighted by atomic mass is 16.5. The van der Waals surface area contributed by atoms with Crippen molar-refractivity contribution in [2.75, 3.05) is 13.1 Å². The summed E-state index contributed by atoms with van der Waals surface area (Å²) in [7, 11) is 0. The van der Waals surface area contributed by atoms with Crippen molar-refractivity contribution in [3.05, 3.63) is 65.2 Å². The van der Waals surface area contributed by atoms with E-state index in [4.69, 9.17) is 4.52 Å². The van der Waals surface area contributed by atoms with Gasteiger partial charge in [-0.1, -0.05) is 17.3 Å². The molecule has 3 aromatic rings. The standard InChI is InChI=1S/C24H26N4O3/c1-16-3-4-20(15-17(16)2)21(29)5-6-22(30)28-13-9-18(10-14-28)23-26-24(31-27-23)19-7-11-25-12-8-19/h3-4,7-8,11-12,15,18H,5-6,9-10,13-14H2,1-2H3. The first-order valence-corrected chi connectivity index (χ1v) is 10.6. The molecule has 160 valence electrons. The number of aromatic nitrogens is 3. The van der Waals surface area contributed by atoms with Crippen LogP contribution in [0, 0.1) is 13.8 Å². The minimum absolute atomic E-state index is 0.0155. The summed E-state index contributed by atoms with van der Waals surface area (Å²) >= 11 is 0. The van der Waals surface area contributed by atoms with Crippen LogP contribution in [-0.2, 0) is 4.79 Å². The fourth-order valence-electron chi connectivity index (χ4n) is 3.84. The van der Waals surface area contributed by atoms with Crippen LogP contribution in [-0.4, -0.2) is 44.8 Å². The van der Waals surface area contributed by atoms with E-state index in [9.17, 15) is 9.59 Å². The lowest BCUT2D eigenvalue weighted by Gasteiger charge is -2.30. The van der Waals surface area contributed by atoms with E-state index < -0.39 is 0 Å². The highest BCUT2D eigenvalue weighted by Crippen LogP contribution is 2.28. The molecule has 0 N–H and O–H groups in total. The van der Waals surface area contributed by atoms with Gasteiger partial charge in [-0.2, -0.15) is 4.98 Å². The van der Waals surface area contributed by atoms with Gasteiger partial charge in [-0.05, 0) is 56.0 Å². The average molecular weight is 418 g/mol. The molecule has 1 aliphatic heterocycles. The van der Waals surface area contributed by atoms with Gasteiger partial charge in [0.1, 0.15) is 0 Å². The van der Waals surface area contributed by atoms with E-state index in [1.54, 1.807) is 12.4 Å². The fourth-order valence-corrected chi connectivity index (χ4v) is 3.84. The summed E-state index contributed by atoms with van der Waals surface area (Å²) in [5.74, 6) is 1.38. The normalized spacial score (nSPS) is 14.6. The molecular formula is C24H26N4O3. The molecule has 0 aliphatic carbocycles. The molecule has 2 aromatic heterocycles. The number of carbonyl (C=O) groups is 2. The zero-order chi connectivity index (χ0) is 21.8. The third-order valence-electron chi connectivity index (χ3n) is 5.98. The number of hydrogen-bond acceptors (Lipinski definition) is 6. The number of likely N-dealkylation sites (tertiary alicyclic amines) is 1. The number of nitrogens with zero attached hydrogens (tertiary/aromatic N) is 4. The third-order valence-corrected chi connectivity index (χ3v) is 5.98. The van der Waals surface area contributed by atoms with Crippen LogP contribution in [0.2, 0.25) is 0 Å². The lowest BCUT2D eigenvalue weighted by Crippen LogP contribution is -2.38. The molecule has 1 fully saturated rings. The second kappa shape index (κ2) is 9.20. The van der Waals surface area contributed by atoms with Gasteiger partial charge in [0.25, 0.3) is 5.89 Å². The van der Waals surface area contributed by atoms with Gasteiger partial charge < -0.3 is 9.42 Å². The molecular weight excluding hydrogens is 392 g/mol. The Kier molecular flexibility index (Phi) is 6.21. The Balaban J connectivity index is 1.27. The number of ketones is 1. The van der Waals surface area contributed by atoms with Crippen molar-refractivity contribution in [2.24, 2.45) is 0 Å². The van der Waals surface area contributed by atoms with E-state index in [0.717, 1.165) is 29.5 Å². The largest absolute Gasteiger partial charge is 0.343 e. The molecule has 1 saturated heterocycles. The van der Waals surface area contributed by atoms with E-state index in [-0.39, 0.29) is 30.4 Å². The van der Waals surface area contributed by atoms with Gasteiger partial charge >= 0.3 is 0 Å². The van der Waals surface area contributed by atoms with Crippen LogP contribution in [0.4, 0.5) is 0 Å². The minimum atomic E-state index is 0.0155. The summed E-state index contributed by atoms with van der Waals surface area (Å²) in [5.41, 5.74) is 3.77. The second-order valence-electron chi connectivity index (χ2n) is 8.07. The molecule has 1 aliphatic rings. The van der Waals surface area contributed by atoms with Crippen molar-refractivity contribution in [3.63, 3.8) is 0 Å². The molecule has 1 amide bonds. The number of amides is 1. The summed E-state index contributed by atoms with van der Waals surface area (Å²) < 4.78 is 5.39. The van der Waals surface area contributed by atoms with Crippen molar-refractivity contribution >= 4 is 11.7 Å². The predicted octanol–water partition coefficient (Wildman–Crippen LogP) is 4.12. The van der Waals surface area contributed by atoms with Crippen LogP contribution < -0.4 is 0 Å². The SMILES string of the molecule is Cc1ccc(C(=O)CCC(=O)N2CCC(c3noc(-c4ccncc4)n3)CC2)cc1C. The van der Waals surface area contributed by atoms with Crippen LogP contribution >= 0.6 is 0 Å². The summed E-state index contributed by atoms with van der Waals surface area (Å²) in [6.45, 7) is 5.29. The van der Waals surface area contributed by atoms with Crippen molar-refractivity contribution in [3.8, 4) is 11.5 Å². The summed E-state index contributed by atoms with van der Waals surface area (Å²) in [5, 5.41) is 4.14. The Hall–Kier alpha value is -3.35. The molecule has 3 heterocycles. The maximum absolute atomic E-state index is 12.6. The molecule has 7 heteroatoms. The van der Waals surface area contributed by atoms with Gasteiger partial charge in [0, 0.05) is 55.4 Å². The van der Waals surface area contributed by atoms with E-state index >= 15 is 0 Å². The lowest BCUT2D eigenvalue weighted by atomic mass is 9.95. The van der Waals surface area contributed by atoms with Gasteiger partial charge in [0.15, 0.2) is 11.6 Å². The van der Waals surface area contributed by atoms with Crippen molar-refractivity contribution < 1.29 is 14.1 Å². The number of carbonyl (C=O) groups excluding carboxylic acids is 2. The monoisotopic (exact) mass is 418 g/mol. The predicted molar refractivity (Wildman–Crippen MR) is 116 cm³/mol. The van der Waals surface area contributed by atoms with Gasteiger partial charge in [-0.3, -0.25) is 14.6 Å². The van der Waals surface area contributed by atoms with E-state index in [2.05, 4.69) is 15.1 Å².